The maximum Gasteiger partial charge on any atom is 0.353 e. The SMILES string of the molecule is N=C(PCS)C(=O)O. The number of rotatable bonds is 3. The molecule has 0 fully saturated rings. The summed E-state index contributed by atoms with van der Waals surface area (Å²) in [5.74, 6) is -1.14. The van der Waals surface area contributed by atoms with Crippen molar-refractivity contribution in [1.29, 1.82) is 5.41 Å². The molecule has 0 aliphatic carbocycles. The van der Waals surface area contributed by atoms with Gasteiger partial charge in [-0.05, 0) is 0 Å². The Morgan fingerprint density at radius 3 is 2.50 bits per heavy atom. The summed E-state index contributed by atoms with van der Waals surface area (Å²) in [6, 6.07) is 0. The van der Waals surface area contributed by atoms with Crippen molar-refractivity contribution in [3.63, 3.8) is 0 Å². The summed E-state index contributed by atoms with van der Waals surface area (Å²) in [6.45, 7) is 0. The molecule has 0 aliphatic rings. The first kappa shape index (κ1) is 7.92. The van der Waals surface area contributed by atoms with Crippen molar-refractivity contribution in [2.24, 2.45) is 0 Å². The topological polar surface area (TPSA) is 61.2 Å². The lowest BCUT2D eigenvalue weighted by Gasteiger charge is -1.90. The van der Waals surface area contributed by atoms with Crippen molar-refractivity contribution in [1.82, 2.24) is 0 Å². The summed E-state index contributed by atoms with van der Waals surface area (Å²) in [5.41, 5.74) is 0.200. The van der Waals surface area contributed by atoms with E-state index in [1.54, 1.807) is 0 Å². The highest BCUT2D eigenvalue weighted by molar-refractivity contribution is 7.89. The monoisotopic (exact) mass is 151 g/mol. The molecular formula is C3H6NO2PS. The number of carbonyl (C=O) groups is 1. The van der Waals surface area contributed by atoms with Crippen molar-refractivity contribution < 1.29 is 9.90 Å². The molecule has 46 valence electrons. The predicted molar refractivity (Wildman–Crippen MR) is 37.5 cm³/mol. The molecule has 0 rings (SSSR count). The van der Waals surface area contributed by atoms with E-state index in [2.05, 4.69) is 12.6 Å². The fourth-order valence-electron chi connectivity index (χ4n) is 0.155. The summed E-state index contributed by atoms with van der Waals surface area (Å²) in [5, 5.41) is 14.8. The normalized spacial score (nSPS) is 10.1. The van der Waals surface area contributed by atoms with Gasteiger partial charge >= 0.3 is 5.97 Å². The van der Waals surface area contributed by atoms with Crippen LogP contribution in [0.2, 0.25) is 0 Å². The summed E-state index contributed by atoms with van der Waals surface area (Å²) in [6.07, 6.45) is 0. The van der Waals surface area contributed by atoms with Gasteiger partial charge in [-0.15, -0.1) is 0 Å². The Hall–Kier alpha value is -0.0800. The van der Waals surface area contributed by atoms with E-state index < -0.39 is 5.97 Å². The molecule has 0 saturated heterocycles. The van der Waals surface area contributed by atoms with E-state index in [0.29, 0.717) is 5.49 Å². The summed E-state index contributed by atoms with van der Waals surface area (Å²) in [4.78, 5) is 9.84. The number of hydrogen-bond donors (Lipinski definition) is 3. The fourth-order valence-corrected chi connectivity index (χ4v) is 0.938. The summed E-state index contributed by atoms with van der Waals surface area (Å²) >= 11 is 3.76. The zero-order valence-electron chi connectivity index (χ0n) is 4.01. The molecule has 3 nitrogen and oxygen atoms in total. The quantitative estimate of drug-likeness (QED) is 0.314. The lowest BCUT2D eigenvalue weighted by molar-refractivity contribution is -0.129. The van der Waals surface area contributed by atoms with Crippen LogP contribution in [0.15, 0.2) is 0 Å². The van der Waals surface area contributed by atoms with E-state index >= 15 is 0 Å². The first-order chi connectivity index (χ1) is 3.68. The van der Waals surface area contributed by atoms with E-state index in [0.717, 1.165) is 0 Å². The van der Waals surface area contributed by atoms with Gasteiger partial charge in [-0.3, -0.25) is 5.41 Å². The van der Waals surface area contributed by atoms with Gasteiger partial charge in [-0.1, -0.05) is 8.58 Å². The minimum absolute atomic E-state index is 0.0170. The van der Waals surface area contributed by atoms with Gasteiger partial charge in [0.05, 0.1) is 0 Å². The number of carboxylic acids is 1. The van der Waals surface area contributed by atoms with Crippen molar-refractivity contribution in [3.05, 3.63) is 0 Å². The van der Waals surface area contributed by atoms with E-state index in [9.17, 15) is 4.79 Å². The third-order valence-electron chi connectivity index (χ3n) is 0.470. The molecule has 0 aromatic rings. The lowest BCUT2D eigenvalue weighted by Crippen LogP contribution is -2.04. The molecule has 0 heterocycles. The second kappa shape index (κ2) is 3.87. The third-order valence-corrected chi connectivity index (χ3v) is 1.67. The van der Waals surface area contributed by atoms with Crippen LogP contribution in [0.25, 0.3) is 0 Å². The average molecular weight is 151 g/mol. The molecule has 0 saturated carbocycles. The van der Waals surface area contributed by atoms with Crippen LogP contribution in [0.3, 0.4) is 0 Å². The Morgan fingerprint density at radius 2 is 2.38 bits per heavy atom. The van der Waals surface area contributed by atoms with Crippen LogP contribution in [0, 0.1) is 5.41 Å². The number of carboxylic acid groups (broad SMARTS) is 1. The van der Waals surface area contributed by atoms with Crippen LogP contribution in [0.1, 0.15) is 0 Å². The maximum atomic E-state index is 9.84. The van der Waals surface area contributed by atoms with Gasteiger partial charge in [-0.2, -0.15) is 12.6 Å². The van der Waals surface area contributed by atoms with Gasteiger partial charge in [-0.25, -0.2) is 4.79 Å². The van der Waals surface area contributed by atoms with E-state index in [4.69, 9.17) is 10.5 Å². The molecule has 0 aliphatic heterocycles. The van der Waals surface area contributed by atoms with Crippen LogP contribution in [0.4, 0.5) is 0 Å². The molecule has 0 radical (unpaired) electrons. The molecular weight excluding hydrogens is 145 g/mol. The van der Waals surface area contributed by atoms with E-state index in [1.165, 1.54) is 0 Å². The number of aliphatic carboxylic acids is 1. The second-order valence-electron chi connectivity index (χ2n) is 1.02. The van der Waals surface area contributed by atoms with Crippen molar-refractivity contribution >= 4 is 32.6 Å². The van der Waals surface area contributed by atoms with Gasteiger partial charge in [0, 0.05) is 5.49 Å². The molecule has 8 heavy (non-hydrogen) atoms. The van der Waals surface area contributed by atoms with Gasteiger partial charge < -0.3 is 5.11 Å². The van der Waals surface area contributed by atoms with Crippen molar-refractivity contribution in [3.8, 4) is 0 Å². The highest BCUT2D eigenvalue weighted by Crippen LogP contribution is 2.11. The van der Waals surface area contributed by atoms with Gasteiger partial charge in [0.15, 0.2) is 0 Å². The van der Waals surface area contributed by atoms with Gasteiger partial charge in [0.25, 0.3) is 0 Å². The Labute approximate surface area is 54.2 Å². The maximum absolute atomic E-state index is 9.84. The molecule has 0 spiro atoms. The van der Waals surface area contributed by atoms with Crippen LogP contribution in [-0.4, -0.2) is 22.0 Å². The minimum atomic E-state index is -1.14. The van der Waals surface area contributed by atoms with Crippen molar-refractivity contribution in [2.45, 2.75) is 0 Å². The predicted octanol–water partition coefficient (Wildman–Crippen LogP) is 0.614. The molecule has 0 bridgehead atoms. The molecule has 5 heteroatoms. The Bertz CT molecular complexity index is 116. The smallest absolute Gasteiger partial charge is 0.353 e. The van der Waals surface area contributed by atoms with E-state index in [-0.39, 0.29) is 14.0 Å². The van der Waals surface area contributed by atoms with Gasteiger partial charge in [0.1, 0.15) is 5.45 Å². The fraction of sp³-hybridized carbons (Fsp3) is 0.333. The van der Waals surface area contributed by atoms with Gasteiger partial charge in [0.2, 0.25) is 0 Å². The van der Waals surface area contributed by atoms with E-state index in [1.807, 2.05) is 0 Å². The molecule has 1 unspecified atom stereocenters. The number of thiol groups is 1. The molecule has 0 aromatic carbocycles. The van der Waals surface area contributed by atoms with Crippen LogP contribution < -0.4 is 0 Å². The first-order valence-electron chi connectivity index (χ1n) is 1.85. The van der Waals surface area contributed by atoms with Crippen molar-refractivity contribution in [2.75, 3.05) is 5.49 Å². The lowest BCUT2D eigenvalue weighted by atomic mass is 10.8. The highest BCUT2D eigenvalue weighted by atomic mass is 32.1. The molecule has 0 aromatic heterocycles. The Kier molecular flexibility index (Phi) is 3.83. The number of nitrogens with one attached hydrogen (secondary N) is 1. The van der Waals surface area contributed by atoms with Crippen LogP contribution in [0.5, 0.6) is 0 Å². The summed E-state index contributed by atoms with van der Waals surface area (Å²) in [7, 11) is 0.0170. The summed E-state index contributed by atoms with van der Waals surface area (Å²) < 4.78 is 0. The molecule has 1 atom stereocenters. The van der Waals surface area contributed by atoms with Crippen LogP contribution in [-0.2, 0) is 4.79 Å². The highest BCUT2D eigenvalue weighted by Gasteiger charge is 2.02. The second-order valence-corrected chi connectivity index (χ2v) is 3.13. The Balaban J connectivity index is 3.49. The molecule has 0 amide bonds. The van der Waals surface area contributed by atoms with Crippen LogP contribution >= 0.6 is 21.2 Å². The molecule has 2 N–H and O–H groups in total. The number of hydrogen-bond acceptors (Lipinski definition) is 3. The zero-order chi connectivity index (χ0) is 6.57. The minimum Gasteiger partial charge on any atom is -0.477 e. The largest absolute Gasteiger partial charge is 0.477 e. The average Bonchev–Trinajstić information content (AvgIpc) is 1.67. The Morgan fingerprint density at radius 1 is 1.88 bits per heavy atom. The third kappa shape index (κ3) is 2.99. The first-order valence-corrected chi connectivity index (χ1v) is 3.69. The zero-order valence-corrected chi connectivity index (χ0v) is 5.90. The standard InChI is InChI=1S/C3H6NO2PS/c4-2(3(5)6)7-1-8/h4,7-8H,1H2,(H,5,6).